The van der Waals surface area contributed by atoms with E-state index in [2.05, 4.69) is 9.55 Å². The second-order valence-electron chi connectivity index (χ2n) is 4.48. The maximum absolute atomic E-state index is 9.82. The summed E-state index contributed by atoms with van der Waals surface area (Å²) in [6.07, 6.45) is 3.04. The number of nitrogens with zero attached hydrogens (tertiary/aromatic N) is 2. The smallest absolute Gasteiger partial charge is 0.0912 e. The normalized spacial score (nSPS) is 13.3. The van der Waals surface area contributed by atoms with Crippen molar-refractivity contribution in [2.45, 2.75) is 6.10 Å². The fourth-order valence-electron chi connectivity index (χ4n) is 2.42. The predicted octanol–water partition coefficient (Wildman–Crippen LogP) is 1.72. The van der Waals surface area contributed by atoms with E-state index in [1.165, 1.54) is 0 Å². The molecule has 1 aromatic carbocycles. The topological polar surface area (TPSA) is 64.1 Å². The number of hydrogen-bond acceptors (Lipinski definition) is 3. The molecule has 0 saturated heterocycles. The molecule has 0 amide bonds. The van der Waals surface area contributed by atoms with Gasteiger partial charge in [0, 0.05) is 42.3 Å². The molecule has 0 saturated carbocycles. The lowest BCUT2D eigenvalue weighted by atomic mass is 10.1. The minimum Gasteiger partial charge on any atom is -0.387 e. The first-order valence-corrected chi connectivity index (χ1v) is 5.92. The summed E-state index contributed by atoms with van der Waals surface area (Å²) in [6.45, 7) is 0.231. The van der Waals surface area contributed by atoms with Crippen LogP contribution in [0.25, 0.3) is 21.8 Å². The molecule has 0 radical (unpaired) electrons. The molecule has 3 aromatic rings. The van der Waals surface area contributed by atoms with Crippen LogP contribution in [-0.2, 0) is 7.05 Å². The number of benzene rings is 1. The fourth-order valence-corrected chi connectivity index (χ4v) is 2.42. The molecule has 0 aliphatic rings. The van der Waals surface area contributed by atoms with E-state index in [0.29, 0.717) is 0 Å². The first kappa shape index (κ1) is 11.2. The summed E-state index contributed by atoms with van der Waals surface area (Å²) in [5.41, 5.74) is 8.62. The quantitative estimate of drug-likeness (QED) is 0.718. The molecule has 0 fully saturated rings. The number of nitrogens with two attached hydrogens (primary N) is 1. The number of pyridine rings is 1. The Bertz CT molecular complexity index is 717. The zero-order chi connectivity index (χ0) is 12.7. The molecule has 3 N–H and O–H groups in total. The summed E-state index contributed by atoms with van der Waals surface area (Å²) in [6, 6.07) is 7.93. The molecule has 3 rings (SSSR count). The van der Waals surface area contributed by atoms with Crippen LogP contribution in [0.3, 0.4) is 0 Å². The van der Waals surface area contributed by atoms with E-state index in [-0.39, 0.29) is 6.54 Å². The zero-order valence-electron chi connectivity index (χ0n) is 10.2. The van der Waals surface area contributed by atoms with E-state index in [1.54, 1.807) is 6.20 Å². The van der Waals surface area contributed by atoms with Gasteiger partial charge in [-0.2, -0.15) is 0 Å². The summed E-state index contributed by atoms with van der Waals surface area (Å²) < 4.78 is 2.13. The van der Waals surface area contributed by atoms with Gasteiger partial charge < -0.3 is 15.4 Å². The van der Waals surface area contributed by atoms with E-state index in [9.17, 15) is 5.11 Å². The number of aliphatic hydroxyl groups is 1. The number of hydrogen-bond donors (Lipinski definition) is 2. The van der Waals surface area contributed by atoms with Crippen molar-refractivity contribution >= 4 is 21.8 Å². The van der Waals surface area contributed by atoms with Crippen LogP contribution in [0.1, 0.15) is 11.7 Å². The van der Waals surface area contributed by atoms with Crippen molar-refractivity contribution in [3.05, 3.63) is 42.2 Å². The number of aryl methyl sites for hydroxylation is 1. The van der Waals surface area contributed by atoms with Crippen molar-refractivity contribution in [2.75, 3.05) is 6.54 Å². The average Bonchev–Trinajstić information content (AvgIpc) is 2.72. The van der Waals surface area contributed by atoms with Gasteiger partial charge in [0.05, 0.1) is 11.6 Å². The van der Waals surface area contributed by atoms with Crippen LogP contribution < -0.4 is 5.73 Å². The van der Waals surface area contributed by atoms with Gasteiger partial charge in [0.15, 0.2) is 0 Å². The van der Waals surface area contributed by atoms with Crippen LogP contribution in [0.2, 0.25) is 0 Å². The number of aliphatic hydroxyl groups excluding tert-OH is 1. The lowest BCUT2D eigenvalue weighted by Crippen LogP contribution is -2.11. The Morgan fingerprint density at radius 3 is 2.83 bits per heavy atom. The molecule has 1 unspecified atom stereocenters. The molecule has 4 nitrogen and oxygen atoms in total. The summed E-state index contributed by atoms with van der Waals surface area (Å²) >= 11 is 0. The maximum atomic E-state index is 9.82. The van der Waals surface area contributed by atoms with Crippen molar-refractivity contribution in [2.24, 2.45) is 12.8 Å². The molecule has 0 bridgehead atoms. The van der Waals surface area contributed by atoms with Crippen molar-refractivity contribution in [1.82, 2.24) is 9.55 Å². The highest BCUT2D eigenvalue weighted by Gasteiger charge is 2.11. The van der Waals surface area contributed by atoms with Gasteiger partial charge in [-0.05, 0) is 23.8 Å². The SMILES string of the molecule is Cn1c2ccncc2c2cc(C(O)CN)ccc21. The van der Waals surface area contributed by atoms with E-state index in [0.717, 1.165) is 27.4 Å². The Kier molecular flexibility index (Phi) is 2.54. The van der Waals surface area contributed by atoms with Crippen molar-refractivity contribution in [3.63, 3.8) is 0 Å². The van der Waals surface area contributed by atoms with Gasteiger partial charge >= 0.3 is 0 Å². The Labute approximate surface area is 105 Å². The fraction of sp³-hybridized carbons (Fsp3) is 0.214. The maximum Gasteiger partial charge on any atom is 0.0912 e. The minimum absolute atomic E-state index is 0.231. The molecule has 2 aromatic heterocycles. The van der Waals surface area contributed by atoms with E-state index >= 15 is 0 Å². The van der Waals surface area contributed by atoms with Crippen LogP contribution >= 0.6 is 0 Å². The molecule has 1 atom stereocenters. The Morgan fingerprint density at radius 1 is 1.28 bits per heavy atom. The van der Waals surface area contributed by atoms with Gasteiger partial charge in [-0.25, -0.2) is 0 Å². The van der Waals surface area contributed by atoms with Gasteiger partial charge in [0.2, 0.25) is 0 Å². The number of fused-ring (bicyclic) bond motifs is 3. The first-order valence-electron chi connectivity index (χ1n) is 5.92. The highest BCUT2D eigenvalue weighted by atomic mass is 16.3. The van der Waals surface area contributed by atoms with Crippen LogP contribution in [0.15, 0.2) is 36.7 Å². The molecular weight excluding hydrogens is 226 g/mol. The molecular formula is C14H15N3O. The summed E-state index contributed by atoms with van der Waals surface area (Å²) in [5, 5.41) is 12.0. The van der Waals surface area contributed by atoms with Gasteiger partial charge in [-0.15, -0.1) is 0 Å². The van der Waals surface area contributed by atoms with Gasteiger partial charge in [0.1, 0.15) is 0 Å². The monoisotopic (exact) mass is 241 g/mol. The van der Waals surface area contributed by atoms with Crippen LogP contribution in [0.5, 0.6) is 0 Å². The van der Waals surface area contributed by atoms with Crippen molar-refractivity contribution in [1.29, 1.82) is 0 Å². The summed E-state index contributed by atoms with van der Waals surface area (Å²) in [7, 11) is 2.03. The average molecular weight is 241 g/mol. The highest BCUT2D eigenvalue weighted by molar-refractivity contribution is 6.07. The molecule has 2 heterocycles. The van der Waals surface area contributed by atoms with Crippen LogP contribution in [0, 0.1) is 0 Å². The third-order valence-corrected chi connectivity index (χ3v) is 3.44. The number of aromatic nitrogens is 2. The summed E-state index contributed by atoms with van der Waals surface area (Å²) in [4.78, 5) is 4.17. The van der Waals surface area contributed by atoms with E-state index in [4.69, 9.17) is 5.73 Å². The van der Waals surface area contributed by atoms with Gasteiger partial charge in [-0.1, -0.05) is 6.07 Å². The van der Waals surface area contributed by atoms with Crippen LogP contribution in [-0.4, -0.2) is 21.2 Å². The van der Waals surface area contributed by atoms with Crippen molar-refractivity contribution in [3.8, 4) is 0 Å². The van der Waals surface area contributed by atoms with E-state index < -0.39 is 6.10 Å². The first-order chi connectivity index (χ1) is 8.72. The Morgan fingerprint density at radius 2 is 2.06 bits per heavy atom. The molecule has 0 aliphatic carbocycles. The largest absolute Gasteiger partial charge is 0.387 e. The van der Waals surface area contributed by atoms with E-state index in [1.807, 2.05) is 37.5 Å². The molecule has 0 spiro atoms. The lowest BCUT2D eigenvalue weighted by Gasteiger charge is -2.08. The van der Waals surface area contributed by atoms with Gasteiger partial charge in [-0.3, -0.25) is 4.98 Å². The Hall–Kier alpha value is -1.91. The standard InChI is InChI=1S/C14H15N3O/c1-17-12-3-2-9(14(18)7-15)6-10(12)11-8-16-5-4-13(11)17/h2-6,8,14,18H,7,15H2,1H3. The minimum atomic E-state index is -0.610. The molecule has 4 heteroatoms. The second-order valence-corrected chi connectivity index (χ2v) is 4.48. The molecule has 18 heavy (non-hydrogen) atoms. The summed E-state index contributed by atoms with van der Waals surface area (Å²) in [5.74, 6) is 0. The van der Waals surface area contributed by atoms with Crippen molar-refractivity contribution < 1.29 is 5.11 Å². The lowest BCUT2D eigenvalue weighted by molar-refractivity contribution is 0.187. The highest BCUT2D eigenvalue weighted by Crippen LogP contribution is 2.29. The zero-order valence-corrected chi connectivity index (χ0v) is 10.2. The number of rotatable bonds is 2. The van der Waals surface area contributed by atoms with Gasteiger partial charge in [0.25, 0.3) is 0 Å². The third kappa shape index (κ3) is 1.50. The molecule has 0 aliphatic heterocycles. The second kappa shape index (κ2) is 4.08. The Balaban J connectivity index is 2.36. The van der Waals surface area contributed by atoms with Crippen LogP contribution in [0.4, 0.5) is 0 Å². The molecule has 92 valence electrons. The third-order valence-electron chi connectivity index (χ3n) is 3.44. The predicted molar refractivity (Wildman–Crippen MR) is 72.2 cm³/mol.